The molecule has 158 valence electrons. The number of hydrogen-bond donors (Lipinski definition) is 1. The Morgan fingerprint density at radius 3 is 2.33 bits per heavy atom. The third-order valence-corrected chi connectivity index (χ3v) is 4.89. The summed E-state index contributed by atoms with van der Waals surface area (Å²) in [6, 6.07) is 13.1. The van der Waals surface area contributed by atoms with Gasteiger partial charge in [-0.15, -0.1) is 0 Å². The topological polar surface area (TPSA) is 71.9 Å². The van der Waals surface area contributed by atoms with E-state index in [2.05, 4.69) is 18.8 Å². The monoisotopic (exact) mass is 406 g/mol. The number of benzene rings is 1. The Morgan fingerprint density at radius 2 is 1.83 bits per heavy atom. The first-order valence-electron chi connectivity index (χ1n) is 10.00. The van der Waals surface area contributed by atoms with Gasteiger partial charge in [0.25, 0.3) is 0 Å². The van der Waals surface area contributed by atoms with Crippen molar-refractivity contribution in [2.45, 2.75) is 44.8 Å². The summed E-state index contributed by atoms with van der Waals surface area (Å²) in [6.07, 6.45) is 4.45. The van der Waals surface area contributed by atoms with Gasteiger partial charge in [-0.1, -0.05) is 43.7 Å². The van der Waals surface area contributed by atoms with Crippen molar-refractivity contribution >= 4 is 6.09 Å². The summed E-state index contributed by atoms with van der Waals surface area (Å²) in [4.78, 5) is 18.0. The molecule has 0 atom stereocenters. The minimum absolute atomic E-state index is 0. The van der Waals surface area contributed by atoms with Gasteiger partial charge < -0.3 is 26.4 Å². The second-order valence-electron chi connectivity index (χ2n) is 7.00. The first-order valence-corrected chi connectivity index (χ1v) is 10.00. The summed E-state index contributed by atoms with van der Waals surface area (Å²) < 4.78 is 10.4. The van der Waals surface area contributed by atoms with Crippen LogP contribution < -0.4 is 23.6 Å². The van der Waals surface area contributed by atoms with Gasteiger partial charge in [-0.3, -0.25) is 0 Å². The van der Waals surface area contributed by atoms with E-state index in [1.54, 1.807) is 24.3 Å². The third-order valence-electron chi connectivity index (χ3n) is 4.89. The maximum absolute atomic E-state index is 12.2. The second-order valence-corrected chi connectivity index (χ2v) is 7.00. The Bertz CT molecular complexity index is 731. The van der Waals surface area contributed by atoms with Gasteiger partial charge >= 0.3 is 25.0 Å². The average molecular weight is 406 g/mol. The number of carbonyl (C=O) groups excluding carboxylic acids is 1. The fraction of sp³-hybridized carbons (Fsp3) is 0.435. The molecule has 1 aliphatic rings. The number of unbranched alkanes of at least 4 members (excludes halogenated alkanes) is 1. The number of aliphatic hydroxyl groups is 1. The van der Waals surface area contributed by atoms with E-state index in [4.69, 9.17) is 9.47 Å². The molecule has 0 spiro atoms. The maximum atomic E-state index is 12.2. The van der Waals surface area contributed by atoms with Gasteiger partial charge in [-0.2, -0.15) is 6.42 Å². The van der Waals surface area contributed by atoms with Crippen LogP contribution in [0.15, 0.2) is 48.7 Å². The predicted molar refractivity (Wildman–Crippen MR) is 112 cm³/mol. The number of hydrogen-bond acceptors (Lipinski definition) is 5. The molecule has 1 aromatic carbocycles. The van der Waals surface area contributed by atoms with Crippen LogP contribution in [0.1, 0.15) is 43.7 Å². The number of ether oxygens (including phenoxy) is 2. The Balaban J connectivity index is 0.000000827. The number of nitrogens with zero attached hydrogens (tertiary/aromatic N) is 2. The number of likely N-dealkylation sites (tertiary alicyclic amines) is 1. The summed E-state index contributed by atoms with van der Waals surface area (Å²) >= 11 is 0. The molecule has 6 nitrogen and oxygen atoms in total. The Labute approximate surface area is 191 Å². The number of piperidine rings is 1. The standard InChI is InChI=1S/C19H22N2O4.C4H9.Li/c1-24-17-8-7-16(13-20-17)19(23)9-11-21(12-10-19)18(22)25-14-15-5-3-2-4-6-15;1-3-4-2;/h2-8,13,23H,9-12,14H2,1H3;1,3-4H2,2H3;/q;-1;+1. The molecular weight excluding hydrogens is 375 g/mol. The van der Waals surface area contributed by atoms with Crippen molar-refractivity contribution in [2.24, 2.45) is 0 Å². The SMILES string of the molecule is COc1ccc(C2(O)CCN(C(=O)OCc3ccccc3)CC2)cn1.[CH2-]CCC.[Li+]. The largest absolute Gasteiger partial charge is 1.00 e. The van der Waals surface area contributed by atoms with Gasteiger partial charge in [0, 0.05) is 30.9 Å². The number of rotatable bonds is 5. The van der Waals surface area contributed by atoms with Crippen molar-refractivity contribution < 1.29 is 38.2 Å². The zero-order chi connectivity index (χ0) is 21.1. The number of methoxy groups -OCH3 is 1. The fourth-order valence-corrected chi connectivity index (χ4v) is 2.93. The van der Waals surface area contributed by atoms with Gasteiger partial charge in [0.05, 0.1) is 12.7 Å². The molecule has 1 aliphatic heterocycles. The molecule has 1 amide bonds. The van der Waals surface area contributed by atoms with Crippen LogP contribution in [0, 0.1) is 6.92 Å². The first kappa shape index (κ1) is 26.0. The molecule has 2 aromatic rings. The molecule has 1 saturated heterocycles. The molecule has 30 heavy (non-hydrogen) atoms. The molecule has 3 rings (SSSR count). The fourth-order valence-electron chi connectivity index (χ4n) is 2.93. The number of amides is 1. The van der Waals surface area contributed by atoms with Crippen LogP contribution in [0.5, 0.6) is 5.88 Å². The zero-order valence-electron chi connectivity index (χ0n) is 18.3. The molecule has 1 fully saturated rings. The quantitative estimate of drug-likeness (QED) is 0.599. The van der Waals surface area contributed by atoms with Crippen LogP contribution >= 0.6 is 0 Å². The average Bonchev–Trinajstić information content (AvgIpc) is 2.79. The van der Waals surface area contributed by atoms with E-state index in [0.29, 0.717) is 31.8 Å². The Kier molecular flexibility index (Phi) is 11.6. The van der Waals surface area contributed by atoms with Crippen molar-refractivity contribution in [3.8, 4) is 5.88 Å². The van der Waals surface area contributed by atoms with Crippen molar-refractivity contribution in [1.82, 2.24) is 9.88 Å². The van der Waals surface area contributed by atoms with E-state index in [-0.39, 0.29) is 31.6 Å². The molecule has 1 N–H and O–H groups in total. The van der Waals surface area contributed by atoms with E-state index in [1.807, 2.05) is 36.4 Å². The molecule has 1 aromatic heterocycles. The van der Waals surface area contributed by atoms with Gasteiger partial charge in [0.2, 0.25) is 5.88 Å². The van der Waals surface area contributed by atoms with Gasteiger partial charge in [-0.25, -0.2) is 9.78 Å². The third kappa shape index (κ3) is 7.68. The number of carbonyl (C=O) groups is 1. The minimum Gasteiger partial charge on any atom is -0.481 e. The van der Waals surface area contributed by atoms with Crippen molar-refractivity contribution in [3.63, 3.8) is 0 Å². The molecule has 0 bridgehead atoms. The summed E-state index contributed by atoms with van der Waals surface area (Å²) in [6.45, 7) is 6.86. The molecule has 0 radical (unpaired) electrons. The van der Waals surface area contributed by atoms with Crippen LogP contribution in [0.2, 0.25) is 0 Å². The van der Waals surface area contributed by atoms with Crippen molar-refractivity contribution in [3.05, 3.63) is 66.7 Å². The van der Waals surface area contributed by atoms with Crippen LogP contribution in [0.3, 0.4) is 0 Å². The molecule has 0 unspecified atom stereocenters. The van der Waals surface area contributed by atoms with E-state index in [1.165, 1.54) is 6.42 Å². The zero-order valence-corrected chi connectivity index (χ0v) is 18.3. The molecule has 7 heteroatoms. The van der Waals surface area contributed by atoms with Gasteiger partial charge in [0.15, 0.2) is 0 Å². The van der Waals surface area contributed by atoms with Crippen LogP contribution in [-0.2, 0) is 16.9 Å². The van der Waals surface area contributed by atoms with E-state index < -0.39 is 5.60 Å². The van der Waals surface area contributed by atoms with Gasteiger partial charge in [0.1, 0.15) is 6.61 Å². The molecule has 2 heterocycles. The number of pyridine rings is 1. The summed E-state index contributed by atoms with van der Waals surface area (Å²) in [5, 5.41) is 10.9. The van der Waals surface area contributed by atoms with E-state index in [9.17, 15) is 9.90 Å². The van der Waals surface area contributed by atoms with E-state index in [0.717, 1.165) is 17.5 Å². The summed E-state index contributed by atoms with van der Waals surface area (Å²) in [7, 11) is 1.55. The van der Waals surface area contributed by atoms with Crippen molar-refractivity contribution in [1.29, 1.82) is 0 Å². The Hall–Kier alpha value is -2.00. The van der Waals surface area contributed by atoms with Gasteiger partial charge in [-0.05, 0) is 24.5 Å². The molecular formula is C23H31LiN2O4. The normalized spacial score (nSPS) is 14.6. The predicted octanol–water partition coefficient (Wildman–Crippen LogP) is 1.33. The summed E-state index contributed by atoms with van der Waals surface area (Å²) in [5.41, 5.74) is 0.717. The maximum Gasteiger partial charge on any atom is 1.00 e. The minimum atomic E-state index is -0.977. The molecule has 0 aliphatic carbocycles. The Morgan fingerprint density at radius 1 is 1.20 bits per heavy atom. The summed E-state index contributed by atoms with van der Waals surface area (Å²) in [5.74, 6) is 0.509. The van der Waals surface area contributed by atoms with Crippen LogP contribution in [-0.4, -0.2) is 41.3 Å². The smallest absolute Gasteiger partial charge is 0.481 e. The van der Waals surface area contributed by atoms with Crippen molar-refractivity contribution in [2.75, 3.05) is 20.2 Å². The van der Waals surface area contributed by atoms with Crippen LogP contribution in [0.4, 0.5) is 4.79 Å². The van der Waals surface area contributed by atoms with E-state index >= 15 is 0 Å². The first-order chi connectivity index (χ1) is 14.0. The molecule has 0 saturated carbocycles. The number of aromatic nitrogens is 1. The second kappa shape index (κ2) is 13.3. The van der Waals surface area contributed by atoms with Crippen LogP contribution in [0.25, 0.3) is 0 Å².